The van der Waals surface area contributed by atoms with Crippen LogP contribution in [0.15, 0.2) is 109 Å². The molecule has 0 bridgehead atoms. The second kappa shape index (κ2) is 16.3. The lowest BCUT2D eigenvalue weighted by Crippen LogP contribution is -2.11. The maximum atomic E-state index is 14.3. The molecule has 8 rings (SSSR count). The highest BCUT2D eigenvalue weighted by atomic mass is 19.4. The Morgan fingerprint density at radius 2 is 0.319 bits per heavy atom. The van der Waals surface area contributed by atoms with Crippen LogP contribution in [-0.4, -0.2) is 0 Å². The van der Waals surface area contributed by atoms with Gasteiger partial charge in [-0.05, 0) is 162 Å². The Hall–Kier alpha value is -6.88. The topological polar surface area (TPSA) is 0 Å². The molecule has 0 N–H and O–H groups in total. The molecule has 0 fully saturated rings. The van der Waals surface area contributed by atoms with Crippen molar-refractivity contribution < 1.29 is 105 Å². The molecule has 0 aliphatic rings. The second-order valence-corrected chi connectivity index (χ2v) is 16.2. The van der Waals surface area contributed by atoms with Crippen molar-refractivity contribution in [2.75, 3.05) is 0 Å². The summed E-state index contributed by atoms with van der Waals surface area (Å²) in [6, 6.07) is 3.82. The van der Waals surface area contributed by atoms with E-state index in [1.807, 2.05) is 0 Å². The largest absolute Gasteiger partial charge is 0.416 e. The predicted octanol–water partition coefficient (Wildman–Crippen LogP) is 19.4. The SMILES string of the molecule is FC(F)(F)c1cc(-c2cc(-c3cc(C(F)(F)F)cc(C(F)(F)F)c3)c3ccc4c(-c5cc(C(F)(F)F)cc(C(F)(F)F)c5)cc(-c5cc(C(F)(F)F)cc(C(F)(F)F)c5)c5ccc2c3c54)cc(C(F)(F)F)c1. The van der Waals surface area contributed by atoms with Gasteiger partial charge in [0.05, 0.1) is 44.5 Å². The fourth-order valence-electron chi connectivity index (χ4n) is 8.39. The van der Waals surface area contributed by atoms with Crippen LogP contribution in [0.3, 0.4) is 0 Å². The van der Waals surface area contributed by atoms with E-state index in [2.05, 4.69) is 0 Å². The maximum absolute atomic E-state index is 14.3. The van der Waals surface area contributed by atoms with E-state index in [9.17, 15) is 105 Å². The number of hydrogen-bond donors (Lipinski definition) is 0. The number of hydrogen-bond acceptors (Lipinski definition) is 0. The Labute approximate surface area is 385 Å². The quantitative estimate of drug-likeness (QED) is 0.122. The molecular weight excluding hydrogens is 1030 g/mol. The molecule has 378 valence electrons. The molecule has 24 heteroatoms. The molecule has 0 atom stereocenters. The number of halogens is 24. The van der Waals surface area contributed by atoms with Crippen molar-refractivity contribution in [3.8, 4) is 44.5 Å². The Bertz CT molecular complexity index is 2860. The molecule has 0 spiro atoms. The lowest BCUT2D eigenvalue weighted by Gasteiger charge is -2.23. The van der Waals surface area contributed by atoms with Gasteiger partial charge in [0.2, 0.25) is 0 Å². The molecule has 0 nitrogen and oxygen atoms in total. The molecule has 0 amide bonds. The van der Waals surface area contributed by atoms with Crippen LogP contribution in [0.2, 0.25) is 0 Å². The summed E-state index contributed by atoms with van der Waals surface area (Å²) in [5, 5.41) is -3.70. The summed E-state index contributed by atoms with van der Waals surface area (Å²) in [4.78, 5) is 0. The standard InChI is InChI=1S/C48H18F24/c49-41(50,51)23-5-19(6-24(13-23)42(52,53)54)35-17-37(21-9-27(45(61,62)63)15-28(10-21)46(64,65)66)33-3-4-34-38(22-11-29(47(67,68)69)16-30(12-22)48(70,71)72)18-36(32-2-1-31(35)39(33)40(32)34)20-7-25(43(55,56)57)14-26(8-20)44(58,59)60/h1-18H. The highest BCUT2D eigenvalue weighted by Crippen LogP contribution is 2.52. The maximum Gasteiger partial charge on any atom is 0.416 e. The van der Waals surface area contributed by atoms with Crippen molar-refractivity contribution in [1.29, 1.82) is 0 Å². The Kier molecular flexibility index (Phi) is 11.7. The third kappa shape index (κ3) is 9.62. The Morgan fingerprint density at radius 3 is 0.444 bits per heavy atom. The zero-order chi connectivity index (χ0) is 53.4. The monoisotopic (exact) mass is 1050 g/mol. The van der Waals surface area contributed by atoms with Crippen molar-refractivity contribution in [3.63, 3.8) is 0 Å². The lowest BCUT2D eigenvalue weighted by atomic mass is 9.81. The molecule has 8 aromatic rings. The van der Waals surface area contributed by atoms with Gasteiger partial charge in [0.25, 0.3) is 0 Å². The van der Waals surface area contributed by atoms with Gasteiger partial charge in [-0.1, -0.05) is 24.3 Å². The smallest absolute Gasteiger partial charge is 0.166 e. The average Bonchev–Trinajstić information content (AvgIpc) is 3.24. The fourth-order valence-corrected chi connectivity index (χ4v) is 8.39. The van der Waals surface area contributed by atoms with Crippen LogP contribution in [0, 0.1) is 0 Å². The minimum Gasteiger partial charge on any atom is -0.166 e. The lowest BCUT2D eigenvalue weighted by molar-refractivity contribution is -0.144. The van der Waals surface area contributed by atoms with E-state index in [-0.39, 0.29) is 72.8 Å². The minimum absolute atomic E-state index is 0.0952. The van der Waals surface area contributed by atoms with Gasteiger partial charge in [-0.2, -0.15) is 105 Å². The van der Waals surface area contributed by atoms with Gasteiger partial charge in [0.1, 0.15) is 0 Å². The molecule has 72 heavy (non-hydrogen) atoms. The summed E-state index contributed by atoms with van der Waals surface area (Å²) in [5.41, 5.74) is -24.0. The third-order valence-corrected chi connectivity index (χ3v) is 11.5. The second-order valence-electron chi connectivity index (χ2n) is 16.2. The molecule has 0 saturated carbocycles. The third-order valence-electron chi connectivity index (χ3n) is 11.5. The highest BCUT2D eigenvalue weighted by molar-refractivity contribution is 6.32. The highest BCUT2D eigenvalue weighted by Gasteiger charge is 2.42. The molecule has 0 saturated heterocycles. The first kappa shape index (κ1) is 51.5. The van der Waals surface area contributed by atoms with Gasteiger partial charge < -0.3 is 0 Å². The first-order valence-electron chi connectivity index (χ1n) is 19.7. The van der Waals surface area contributed by atoms with Gasteiger partial charge in [-0.25, -0.2) is 0 Å². The van der Waals surface area contributed by atoms with E-state index >= 15 is 0 Å². The van der Waals surface area contributed by atoms with Gasteiger partial charge in [-0.15, -0.1) is 0 Å². The molecule has 0 unspecified atom stereocenters. The van der Waals surface area contributed by atoms with Gasteiger partial charge in [0, 0.05) is 0 Å². The predicted molar refractivity (Wildman–Crippen MR) is 212 cm³/mol. The van der Waals surface area contributed by atoms with E-state index in [1.165, 1.54) is 0 Å². The van der Waals surface area contributed by atoms with Crippen molar-refractivity contribution >= 4 is 32.3 Å². The average molecular weight is 1050 g/mol. The molecule has 0 aliphatic carbocycles. The zero-order valence-corrected chi connectivity index (χ0v) is 34.5. The van der Waals surface area contributed by atoms with E-state index in [0.717, 1.165) is 24.3 Å². The van der Waals surface area contributed by atoms with Crippen molar-refractivity contribution in [2.45, 2.75) is 49.4 Å². The van der Waals surface area contributed by atoms with Gasteiger partial charge in [0.15, 0.2) is 0 Å². The van der Waals surface area contributed by atoms with Gasteiger partial charge in [-0.3, -0.25) is 0 Å². The van der Waals surface area contributed by atoms with Crippen molar-refractivity contribution in [1.82, 2.24) is 0 Å². The Balaban J connectivity index is 1.66. The molecule has 0 heterocycles. The molecule has 0 aliphatic heterocycles. The van der Waals surface area contributed by atoms with Crippen LogP contribution < -0.4 is 0 Å². The zero-order valence-electron chi connectivity index (χ0n) is 34.5. The van der Waals surface area contributed by atoms with E-state index in [0.29, 0.717) is 12.1 Å². The van der Waals surface area contributed by atoms with Crippen LogP contribution in [0.25, 0.3) is 76.8 Å². The first-order chi connectivity index (χ1) is 32.7. The number of benzene rings is 8. The van der Waals surface area contributed by atoms with E-state index < -0.39 is 171 Å². The summed E-state index contributed by atoms with van der Waals surface area (Å²) >= 11 is 0. The molecular formula is C48H18F24. The van der Waals surface area contributed by atoms with E-state index in [1.54, 1.807) is 0 Å². The Morgan fingerprint density at radius 1 is 0.181 bits per heavy atom. The van der Waals surface area contributed by atoms with Crippen LogP contribution in [-0.2, 0) is 49.4 Å². The normalized spacial score (nSPS) is 13.8. The molecule has 0 radical (unpaired) electrons. The van der Waals surface area contributed by atoms with Crippen LogP contribution in [0.4, 0.5) is 105 Å². The summed E-state index contributed by atoms with van der Waals surface area (Å²) in [5.74, 6) is 0. The first-order valence-corrected chi connectivity index (χ1v) is 19.7. The summed E-state index contributed by atoms with van der Waals surface area (Å²) in [7, 11) is 0. The number of rotatable bonds is 4. The van der Waals surface area contributed by atoms with Crippen molar-refractivity contribution in [3.05, 3.63) is 154 Å². The number of alkyl halides is 24. The summed E-state index contributed by atoms with van der Waals surface area (Å²) < 4.78 is 343. The summed E-state index contributed by atoms with van der Waals surface area (Å²) in [6.07, 6.45) is -44.8. The van der Waals surface area contributed by atoms with Crippen molar-refractivity contribution in [2.24, 2.45) is 0 Å². The van der Waals surface area contributed by atoms with Gasteiger partial charge >= 0.3 is 49.4 Å². The fraction of sp³-hybridized carbons (Fsp3) is 0.167. The van der Waals surface area contributed by atoms with Crippen LogP contribution >= 0.6 is 0 Å². The van der Waals surface area contributed by atoms with Crippen LogP contribution in [0.1, 0.15) is 44.5 Å². The summed E-state index contributed by atoms with van der Waals surface area (Å²) in [6.45, 7) is 0. The molecule has 0 aromatic heterocycles. The minimum atomic E-state index is -5.60. The van der Waals surface area contributed by atoms with E-state index in [4.69, 9.17) is 0 Å². The van der Waals surface area contributed by atoms with Crippen LogP contribution in [0.5, 0.6) is 0 Å². The molecule has 8 aromatic carbocycles.